The van der Waals surface area contributed by atoms with Gasteiger partial charge in [0.1, 0.15) is 0 Å². The molecular formula is C11H19N3. The number of aromatic nitrogens is 2. The van der Waals surface area contributed by atoms with Gasteiger partial charge in [-0.25, -0.2) is 4.98 Å². The lowest BCUT2D eigenvalue weighted by atomic mass is 10.00. The van der Waals surface area contributed by atoms with Gasteiger partial charge in [-0.3, -0.25) is 0 Å². The highest BCUT2D eigenvalue weighted by atomic mass is 15.1. The Hall–Kier alpha value is -0.830. The minimum Gasteiger partial charge on any atom is -0.336 e. The summed E-state index contributed by atoms with van der Waals surface area (Å²) in [6.07, 6.45) is 6.83. The first-order valence-electron chi connectivity index (χ1n) is 5.56. The Bertz CT molecular complexity index is 303. The molecule has 1 atom stereocenters. The van der Waals surface area contributed by atoms with Crippen LogP contribution in [0.5, 0.6) is 0 Å². The average molecular weight is 193 g/mol. The molecule has 3 nitrogen and oxygen atoms in total. The molecule has 0 aromatic carbocycles. The number of nitrogens with zero attached hydrogens (tertiary/aromatic N) is 2. The van der Waals surface area contributed by atoms with E-state index in [4.69, 9.17) is 0 Å². The third-order valence-electron chi connectivity index (χ3n) is 2.99. The molecule has 0 radical (unpaired) electrons. The SMILES string of the molecule is CCCCC1NCCc2ncn(C)c21. The predicted octanol–water partition coefficient (Wildman–Crippen LogP) is 1.80. The van der Waals surface area contributed by atoms with Gasteiger partial charge in [-0.2, -0.15) is 0 Å². The standard InChI is InChI=1S/C11H19N3/c1-3-4-5-9-11-10(6-7-12-9)13-8-14(11)2/h8-9,12H,3-7H2,1-2H3. The number of nitrogens with one attached hydrogen (secondary N) is 1. The van der Waals surface area contributed by atoms with E-state index in [0.717, 1.165) is 13.0 Å². The normalized spacial score (nSPS) is 20.9. The van der Waals surface area contributed by atoms with Gasteiger partial charge in [0, 0.05) is 26.1 Å². The molecule has 14 heavy (non-hydrogen) atoms. The molecule has 0 fully saturated rings. The van der Waals surface area contributed by atoms with E-state index < -0.39 is 0 Å². The van der Waals surface area contributed by atoms with Crippen molar-refractivity contribution < 1.29 is 0 Å². The second kappa shape index (κ2) is 4.13. The molecule has 1 aromatic heterocycles. The monoisotopic (exact) mass is 193 g/mol. The number of hydrogen-bond acceptors (Lipinski definition) is 2. The van der Waals surface area contributed by atoms with Crippen LogP contribution in [0.1, 0.15) is 43.6 Å². The third-order valence-corrected chi connectivity index (χ3v) is 2.99. The molecule has 1 aromatic rings. The molecule has 3 heteroatoms. The Morgan fingerprint density at radius 1 is 1.64 bits per heavy atom. The van der Waals surface area contributed by atoms with Gasteiger partial charge in [0.25, 0.3) is 0 Å². The molecule has 0 saturated heterocycles. The van der Waals surface area contributed by atoms with Crippen molar-refractivity contribution in [3.63, 3.8) is 0 Å². The van der Waals surface area contributed by atoms with Crippen LogP contribution in [0.4, 0.5) is 0 Å². The highest BCUT2D eigenvalue weighted by Crippen LogP contribution is 2.25. The van der Waals surface area contributed by atoms with Crippen LogP contribution < -0.4 is 5.32 Å². The Kier molecular flexibility index (Phi) is 2.87. The molecule has 0 aliphatic carbocycles. The van der Waals surface area contributed by atoms with E-state index in [1.54, 1.807) is 0 Å². The quantitative estimate of drug-likeness (QED) is 0.793. The van der Waals surface area contributed by atoms with Gasteiger partial charge < -0.3 is 9.88 Å². The van der Waals surface area contributed by atoms with E-state index in [9.17, 15) is 0 Å². The molecule has 2 heterocycles. The van der Waals surface area contributed by atoms with Gasteiger partial charge in [0.2, 0.25) is 0 Å². The first-order chi connectivity index (χ1) is 6.83. The Morgan fingerprint density at radius 3 is 3.29 bits per heavy atom. The predicted molar refractivity (Wildman–Crippen MR) is 57.2 cm³/mol. The molecule has 78 valence electrons. The van der Waals surface area contributed by atoms with Gasteiger partial charge in [0.15, 0.2) is 0 Å². The van der Waals surface area contributed by atoms with Crippen molar-refractivity contribution in [3.8, 4) is 0 Å². The summed E-state index contributed by atoms with van der Waals surface area (Å²) >= 11 is 0. The topological polar surface area (TPSA) is 29.9 Å². The van der Waals surface area contributed by atoms with Crippen LogP contribution in [-0.2, 0) is 13.5 Å². The summed E-state index contributed by atoms with van der Waals surface area (Å²) in [7, 11) is 2.10. The zero-order valence-electron chi connectivity index (χ0n) is 9.08. The second-order valence-corrected chi connectivity index (χ2v) is 4.09. The number of rotatable bonds is 3. The number of fused-ring (bicyclic) bond motifs is 1. The Balaban J connectivity index is 2.16. The molecule has 1 unspecified atom stereocenters. The molecule has 2 rings (SSSR count). The fraction of sp³-hybridized carbons (Fsp3) is 0.727. The van der Waals surface area contributed by atoms with Crippen LogP contribution in [0.15, 0.2) is 6.33 Å². The van der Waals surface area contributed by atoms with Crippen LogP contribution in [0.2, 0.25) is 0 Å². The minimum absolute atomic E-state index is 0.534. The van der Waals surface area contributed by atoms with Crippen molar-refractivity contribution in [2.75, 3.05) is 6.54 Å². The lowest BCUT2D eigenvalue weighted by Gasteiger charge is -2.24. The maximum absolute atomic E-state index is 4.44. The van der Waals surface area contributed by atoms with Crippen molar-refractivity contribution in [1.29, 1.82) is 0 Å². The van der Waals surface area contributed by atoms with Crippen molar-refractivity contribution in [2.45, 2.75) is 38.6 Å². The molecule has 0 amide bonds. The molecule has 1 aliphatic rings. The van der Waals surface area contributed by atoms with Crippen molar-refractivity contribution in [2.24, 2.45) is 7.05 Å². The molecule has 0 saturated carbocycles. The van der Waals surface area contributed by atoms with E-state index in [0.29, 0.717) is 6.04 Å². The lowest BCUT2D eigenvalue weighted by Crippen LogP contribution is -2.31. The summed E-state index contributed by atoms with van der Waals surface area (Å²) in [5.74, 6) is 0. The van der Waals surface area contributed by atoms with Gasteiger partial charge in [-0.15, -0.1) is 0 Å². The average Bonchev–Trinajstić information content (AvgIpc) is 2.58. The largest absolute Gasteiger partial charge is 0.336 e. The highest BCUT2D eigenvalue weighted by Gasteiger charge is 2.22. The zero-order valence-corrected chi connectivity index (χ0v) is 9.08. The van der Waals surface area contributed by atoms with Crippen LogP contribution in [0, 0.1) is 0 Å². The molecular weight excluding hydrogens is 174 g/mol. The summed E-state index contributed by atoms with van der Waals surface area (Å²) in [5.41, 5.74) is 2.71. The van der Waals surface area contributed by atoms with Crippen LogP contribution in [0.25, 0.3) is 0 Å². The fourth-order valence-electron chi connectivity index (χ4n) is 2.24. The van der Waals surface area contributed by atoms with Crippen molar-refractivity contribution in [3.05, 3.63) is 17.7 Å². The number of aryl methyl sites for hydroxylation is 1. The zero-order chi connectivity index (χ0) is 9.97. The van der Waals surface area contributed by atoms with Crippen LogP contribution >= 0.6 is 0 Å². The van der Waals surface area contributed by atoms with E-state index in [1.165, 1.54) is 30.7 Å². The Labute approximate surface area is 85.5 Å². The first-order valence-corrected chi connectivity index (χ1v) is 5.56. The third kappa shape index (κ3) is 1.69. The molecule has 1 aliphatic heterocycles. The first kappa shape index (κ1) is 9.71. The minimum atomic E-state index is 0.534. The molecule has 0 bridgehead atoms. The van der Waals surface area contributed by atoms with E-state index >= 15 is 0 Å². The van der Waals surface area contributed by atoms with Crippen LogP contribution in [-0.4, -0.2) is 16.1 Å². The van der Waals surface area contributed by atoms with Gasteiger partial charge >= 0.3 is 0 Å². The van der Waals surface area contributed by atoms with Crippen molar-refractivity contribution >= 4 is 0 Å². The van der Waals surface area contributed by atoms with Gasteiger partial charge in [-0.05, 0) is 6.42 Å². The summed E-state index contributed by atoms with van der Waals surface area (Å²) in [6, 6.07) is 0.534. The van der Waals surface area contributed by atoms with E-state index in [-0.39, 0.29) is 0 Å². The van der Waals surface area contributed by atoms with Crippen molar-refractivity contribution in [1.82, 2.24) is 14.9 Å². The maximum atomic E-state index is 4.44. The smallest absolute Gasteiger partial charge is 0.0949 e. The highest BCUT2D eigenvalue weighted by molar-refractivity contribution is 5.20. The fourth-order valence-corrected chi connectivity index (χ4v) is 2.24. The Morgan fingerprint density at radius 2 is 2.50 bits per heavy atom. The summed E-state index contributed by atoms with van der Waals surface area (Å²) in [4.78, 5) is 4.44. The van der Waals surface area contributed by atoms with E-state index in [1.807, 2.05) is 6.33 Å². The van der Waals surface area contributed by atoms with Gasteiger partial charge in [-0.1, -0.05) is 19.8 Å². The molecule has 1 N–H and O–H groups in total. The summed E-state index contributed by atoms with van der Waals surface area (Å²) < 4.78 is 2.17. The maximum Gasteiger partial charge on any atom is 0.0949 e. The number of imidazole rings is 1. The summed E-state index contributed by atoms with van der Waals surface area (Å²) in [5, 5.41) is 3.58. The summed E-state index contributed by atoms with van der Waals surface area (Å²) in [6.45, 7) is 3.32. The molecule has 0 spiro atoms. The number of hydrogen-bond donors (Lipinski definition) is 1. The second-order valence-electron chi connectivity index (χ2n) is 4.09. The van der Waals surface area contributed by atoms with Gasteiger partial charge in [0.05, 0.1) is 17.7 Å². The van der Waals surface area contributed by atoms with Crippen LogP contribution in [0.3, 0.4) is 0 Å². The lowest BCUT2D eigenvalue weighted by molar-refractivity contribution is 0.438. The number of unbranched alkanes of at least 4 members (excludes halogenated alkanes) is 1. The van der Waals surface area contributed by atoms with E-state index in [2.05, 4.69) is 28.8 Å².